The Kier molecular flexibility index (Phi) is 5.11. The Morgan fingerprint density at radius 1 is 1.44 bits per heavy atom. The molecular formula is C11H19FN4. The Hall–Kier alpha value is -1.23. The van der Waals surface area contributed by atoms with Gasteiger partial charge in [0.2, 0.25) is 0 Å². The third-order valence-electron chi connectivity index (χ3n) is 2.53. The van der Waals surface area contributed by atoms with Crippen LogP contribution < -0.4 is 11.1 Å². The Balaban J connectivity index is 2.54. The quantitative estimate of drug-likeness (QED) is 0.775. The molecule has 1 unspecified atom stereocenters. The maximum Gasteiger partial charge on any atom is 0.186 e. The molecule has 0 aliphatic heterocycles. The van der Waals surface area contributed by atoms with Crippen LogP contribution in [0.5, 0.6) is 0 Å². The summed E-state index contributed by atoms with van der Waals surface area (Å²) in [7, 11) is 0. The van der Waals surface area contributed by atoms with Crippen LogP contribution in [0.25, 0.3) is 0 Å². The highest BCUT2D eigenvalue weighted by atomic mass is 19.1. The summed E-state index contributed by atoms with van der Waals surface area (Å²) in [5, 5.41) is 2.95. The summed E-state index contributed by atoms with van der Waals surface area (Å²) in [5.41, 5.74) is 6.21. The molecule has 1 rings (SSSR count). The molecule has 1 heterocycles. The SMILES string of the molecule is CCc1ncnc(NCCC(N)CC)c1F. The summed E-state index contributed by atoms with van der Waals surface area (Å²) < 4.78 is 13.7. The average Bonchev–Trinajstić information content (AvgIpc) is 2.31. The van der Waals surface area contributed by atoms with Gasteiger partial charge in [-0.3, -0.25) is 0 Å². The first-order valence-corrected chi connectivity index (χ1v) is 5.67. The number of nitrogens with one attached hydrogen (secondary N) is 1. The number of nitrogens with two attached hydrogens (primary N) is 1. The third-order valence-corrected chi connectivity index (χ3v) is 2.53. The topological polar surface area (TPSA) is 63.8 Å². The predicted octanol–water partition coefficient (Wildman–Crippen LogP) is 1.72. The standard InChI is InChI=1S/C11H19FN4/c1-3-8(13)5-6-14-11-10(12)9(4-2)15-7-16-11/h7-8H,3-6,13H2,1-2H3,(H,14,15,16). The van der Waals surface area contributed by atoms with Crippen molar-refractivity contribution < 1.29 is 4.39 Å². The van der Waals surface area contributed by atoms with Crippen LogP contribution in [0.3, 0.4) is 0 Å². The van der Waals surface area contributed by atoms with Gasteiger partial charge in [-0.25, -0.2) is 14.4 Å². The van der Waals surface area contributed by atoms with Crippen LogP contribution in [0.15, 0.2) is 6.33 Å². The number of rotatable bonds is 6. The van der Waals surface area contributed by atoms with Gasteiger partial charge in [-0.05, 0) is 19.3 Å². The molecule has 0 amide bonds. The van der Waals surface area contributed by atoms with Crippen LogP contribution >= 0.6 is 0 Å². The number of aromatic nitrogens is 2. The van der Waals surface area contributed by atoms with Gasteiger partial charge in [0.15, 0.2) is 11.6 Å². The maximum atomic E-state index is 13.7. The lowest BCUT2D eigenvalue weighted by Crippen LogP contribution is -2.22. The summed E-state index contributed by atoms with van der Waals surface area (Å²) in [6.45, 7) is 4.53. The van der Waals surface area contributed by atoms with Crippen LogP contribution in [0.4, 0.5) is 10.2 Å². The zero-order valence-electron chi connectivity index (χ0n) is 9.83. The molecule has 16 heavy (non-hydrogen) atoms. The molecule has 1 aromatic rings. The van der Waals surface area contributed by atoms with E-state index in [1.54, 1.807) is 0 Å². The van der Waals surface area contributed by atoms with E-state index in [-0.39, 0.29) is 17.7 Å². The smallest absolute Gasteiger partial charge is 0.186 e. The lowest BCUT2D eigenvalue weighted by Gasteiger charge is -2.11. The van der Waals surface area contributed by atoms with E-state index in [0.29, 0.717) is 18.7 Å². The van der Waals surface area contributed by atoms with Crippen LogP contribution in [-0.4, -0.2) is 22.6 Å². The molecule has 1 atom stereocenters. The predicted molar refractivity (Wildman–Crippen MR) is 62.7 cm³/mol. The molecule has 3 N–H and O–H groups in total. The Bertz CT molecular complexity index is 330. The molecule has 4 nitrogen and oxygen atoms in total. The van der Waals surface area contributed by atoms with E-state index < -0.39 is 0 Å². The maximum absolute atomic E-state index is 13.7. The second-order valence-electron chi connectivity index (χ2n) is 3.72. The molecule has 0 saturated heterocycles. The fourth-order valence-electron chi connectivity index (χ4n) is 1.36. The molecule has 0 fully saturated rings. The molecule has 0 aliphatic carbocycles. The molecule has 0 aromatic carbocycles. The Morgan fingerprint density at radius 2 is 2.19 bits per heavy atom. The number of anilines is 1. The summed E-state index contributed by atoms with van der Waals surface area (Å²) in [6, 6.07) is 0.156. The number of nitrogens with zero attached hydrogens (tertiary/aromatic N) is 2. The number of hydrogen-bond donors (Lipinski definition) is 2. The highest BCUT2D eigenvalue weighted by molar-refractivity contribution is 5.37. The van der Waals surface area contributed by atoms with Gasteiger partial charge in [0.25, 0.3) is 0 Å². The summed E-state index contributed by atoms with van der Waals surface area (Å²) in [6.07, 6.45) is 3.68. The van der Waals surface area contributed by atoms with Gasteiger partial charge in [-0.2, -0.15) is 0 Å². The zero-order valence-corrected chi connectivity index (χ0v) is 9.83. The fourth-order valence-corrected chi connectivity index (χ4v) is 1.36. The largest absolute Gasteiger partial charge is 0.367 e. The highest BCUT2D eigenvalue weighted by Crippen LogP contribution is 2.13. The van der Waals surface area contributed by atoms with E-state index in [0.717, 1.165) is 12.8 Å². The first-order chi connectivity index (χ1) is 7.69. The normalized spacial score (nSPS) is 12.5. The highest BCUT2D eigenvalue weighted by Gasteiger charge is 2.09. The lowest BCUT2D eigenvalue weighted by atomic mass is 10.2. The van der Waals surface area contributed by atoms with E-state index in [1.165, 1.54) is 6.33 Å². The van der Waals surface area contributed by atoms with Crippen molar-refractivity contribution >= 4 is 5.82 Å². The minimum absolute atomic E-state index is 0.156. The summed E-state index contributed by atoms with van der Waals surface area (Å²) >= 11 is 0. The zero-order chi connectivity index (χ0) is 12.0. The minimum Gasteiger partial charge on any atom is -0.367 e. The van der Waals surface area contributed by atoms with Crippen molar-refractivity contribution in [1.82, 2.24) is 9.97 Å². The fraction of sp³-hybridized carbons (Fsp3) is 0.636. The average molecular weight is 226 g/mol. The molecule has 5 heteroatoms. The van der Waals surface area contributed by atoms with Crippen LogP contribution in [0, 0.1) is 5.82 Å². The second kappa shape index (κ2) is 6.37. The van der Waals surface area contributed by atoms with Crippen LogP contribution in [-0.2, 0) is 6.42 Å². The van der Waals surface area contributed by atoms with Gasteiger partial charge in [-0.15, -0.1) is 0 Å². The molecule has 0 radical (unpaired) electrons. The molecule has 0 aliphatic rings. The Labute approximate surface area is 95.5 Å². The summed E-state index contributed by atoms with van der Waals surface area (Å²) in [4.78, 5) is 7.74. The van der Waals surface area contributed by atoms with Gasteiger partial charge in [0, 0.05) is 12.6 Å². The van der Waals surface area contributed by atoms with E-state index in [2.05, 4.69) is 15.3 Å². The van der Waals surface area contributed by atoms with Crippen LogP contribution in [0.1, 0.15) is 32.4 Å². The van der Waals surface area contributed by atoms with Crippen molar-refractivity contribution in [3.05, 3.63) is 17.8 Å². The third kappa shape index (κ3) is 3.41. The van der Waals surface area contributed by atoms with Crippen molar-refractivity contribution in [1.29, 1.82) is 0 Å². The van der Waals surface area contributed by atoms with Crippen molar-refractivity contribution in [2.45, 2.75) is 39.2 Å². The summed E-state index contributed by atoms with van der Waals surface area (Å²) in [5.74, 6) is -0.0785. The van der Waals surface area contributed by atoms with Crippen LogP contribution in [0.2, 0.25) is 0 Å². The van der Waals surface area contributed by atoms with E-state index in [1.807, 2.05) is 13.8 Å². The first-order valence-electron chi connectivity index (χ1n) is 5.67. The second-order valence-corrected chi connectivity index (χ2v) is 3.72. The van der Waals surface area contributed by atoms with E-state index in [4.69, 9.17) is 5.73 Å². The van der Waals surface area contributed by atoms with Crippen molar-refractivity contribution in [2.75, 3.05) is 11.9 Å². The molecule has 0 saturated carbocycles. The van der Waals surface area contributed by atoms with Gasteiger partial charge >= 0.3 is 0 Å². The Morgan fingerprint density at radius 3 is 2.81 bits per heavy atom. The number of hydrogen-bond acceptors (Lipinski definition) is 4. The minimum atomic E-state index is -0.352. The lowest BCUT2D eigenvalue weighted by molar-refractivity contribution is 0.588. The van der Waals surface area contributed by atoms with Crippen molar-refractivity contribution in [3.63, 3.8) is 0 Å². The van der Waals surface area contributed by atoms with Gasteiger partial charge in [0.1, 0.15) is 6.33 Å². The van der Waals surface area contributed by atoms with E-state index in [9.17, 15) is 4.39 Å². The molecular weight excluding hydrogens is 207 g/mol. The van der Waals surface area contributed by atoms with Crippen molar-refractivity contribution in [2.24, 2.45) is 5.73 Å². The van der Waals surface area contributed by atoms with E-state index >= 15 is 0 Å². The molecule has 0 bridgehead atoms. The van der Waals surface area contributed by atoms with Gasteiger partial charge < -0.3 is 11.1 Å². The van der Waals surface area contributed by atoms with Crippen molar-refractivity contribution in [3.8, 4) is 0 Å². The molecule has 90 valence electrons. The number of aryl methyl sites for hydroxylation is 1. The monoisotopic (exact) mass is 226 g/mol. The first kappa shape index (κ1) is 12.8. The molecule has 0 spiro atoms. The van der Waals surface area contributed by atoms with Gasteiger partial charge in [-0.1, -0.05) is 13.8 Å². The number of halogens is 1. The van der Waals surface area contributed by atoms with Gasteiger partial charge in [0.05, 0.1) is 5.69 Å². The molecule has 1 aromatic heterocycles.